The molecule has 3 aliphatic heterocycles. The van der Waals surface area contributed by atoms with Gasteiger partial charge in [0.05, 0.1) is 17.4 Å². The number of rotatable bonds is 1. The first-order valence-electron chi connectivity index (χ1n) is 8.54. The molecule has 0 aromatic carbocycles. The topological polar surface area (TPSA) is 91.4 Å². The van der Waals surface area contributed by atoms with Gasteiger partial charge in [0.1, 0.15) is 24.4 Å². The summed E-state index contributed by atoms with van der Waals surface area (Å²) < 4.78 is 22.4. The fourth-order valence-electron chi connectivity index (χ4n) is 4.67. The molecule has 2 bridgehead atoms. The van der Waals surface area contributed by atoms with Gasteiger partial charge in [0, 0.05) is 25.7 Å². The minimum atomic E-state index is -0.507. The van der Waals surface area contributed by atoms with Gasteiger partial charge in [-0.25, -0.2) is 0 Å². The number of carbonyl (C=O) groups excluding carboxylic acids is 3. The summed E-state index contributed by atoms with van der Waals surface area (Å²) in [6.45, 7) is 5.12. The maximum absolute atomic E-state index is 12.3. The van der Waals surface area contributed by atoms with E-state index in [1.165, 1.54) is 6.92 Å². The summed E-state index contributed by atoms with van der Waals surface area (Å²) in [5, 5.41) is 0. The van der Waals surface area contributed by atoms with Crippen LogP contribution < -0.4 is 0 Å². The Morgan fingerprint density at radius 3 is 2.58 bits per heavy atom. The third kappa shape index (κ3) is 2.41. The third-order valence-corrected chi connectivity index (χ3v) is 5.91. The first kappa shape index (κ1) is 15.9. The van der Waals surface area contributed by atoms with Crippen LogP contribution in [0.25, 0.3) is 0 Å². The van der Waals surface area contributed by atoms with E-state index in [1.54, 1.807) is 0 Å². The second-order valence-electron chi connectivity index (χ2n) is 7.69. The summed E-state index contributed by atoms with van der Waals surface area (Å²) in [6, 6.07) is 0. The SMILES string of the molecule is CC(=O)O[C@H]1C[C@@H]2C[C@@H](OC2=O)[C@@H]2[C@H](C[C@@]3(C)O[C@@H]13)OC(=O)[C@H]2C. The number of fused-ring (bicyclic) bond motifs is 5. The largest absolute Gasteiger partial charge is 0.462 e. The first-order valence-corrected chi connectivity index (χ1v) is 8.54. The van der Waals surface area contributed by atoms with Gasteiger partial charge in [-0.2, -0.15) is 0 Å². The van der Waals surface area contributed by atoms with Crippen LogP contribution in [0.5, 0.6) is 0 Å². The molecule has 24 heavy (non-hydrogen) atoms. The minimum absolute atomic E-state index is 0.140. The number of ether oxygens (including phenoxy) is 4. The lowest BCUT2D eigenvalue weighted by Crippen LogP contribution is -2.37. The van der Waals surface area contributed by atoms with Crippen molar-refractivity contribution in [1.82, 2.24) is 0 Å². The molecule has 4 fully saturated rings. The summed E-state index contributed by atoms with van der Waals surface area (Å²) >= 11 is 0. The van der Waals surface area contributed by atoms with Crippen molar-refractivity contribution >= 4 is 17.9 Å². The van der Waals surface area contributed by atoms with Crippen molar-refractivity contribution in [3.63, 3.8) is 0 Å². The number of hydrogen-bond acceptors (Lipinski definition) is 7. The summed E-state index contributed by atoms with van der Waals surface area (Å²) in [6.07, 6.45) is 0.0322. The van der Waals surface area contributed by atoms with Crippen molar-refractivity contribution in [1.29, 1.82) is 0 Å². The molecule has 7 heteroatoms. The van der Waals surface area contributed by atoms with Crippen molar-refractivity contribution in [3.8, 4) is 0 Å². The summed E-state index contributed by atoms with van der Waals surface area (Å²) in [4.78, 5) is 35.7. The van der Waals surface area contributed by atoms with Crippen LogP contribution in [-0.4, -0.2) is 47.9 Å². The lowest BCUT2D eigenvalue weighted by atomic mass is 9.78. The highest BCUT2D eigenvalue weighted by Gasteiger charge is 2.63. The third-order valence-electron chi connectivity index (χ3n) is 5.91. The lowest BCUT2D eigenvalue weighted by Gasteiger charge is -2.27. The quantitative estimate of drug-likeness (QED) is 0.400. The molecule has 1 saturated carbocycles. The van der Waals surface area contributed by atoms with E-state index in [0.717, 1.165) is 0 Å². The Kier molecular flexibility index (Phi) is 3.43. The summed E-state index contributed by atoms with van der Waals surface area (Å²) in [5.41, 5.74) is -0.507. The van der Waals surface area contributed by atoms with Gasteiger partial charge in [-0.1, -0.05) is 6.92 Å². The Morgan fingerprint density at radius 2 is 1.88 bits per heavy atom. The van der Waals surface area contributed by atoms with E-state index in [4.69, 9.17) is 18.9 Å². The molecule has 8 atom stereocenters. The number of esters is 3. The van der Waals surface area contributed by atoms with Gasteiger partial charge < -0.3 is 18.9 Å². The van der Waals surface area contributed by atoms with Gasteiger partial charge in [0.15, 0.2) is 0 Å². The highest BCUT2D eigenvalue weighted by Crippen LogP contribution is 2.51. The Hall–Kier alpha value is -1.63. The molecular formula is C17H22O7. The Labute approximate surface area is 139 Å². The fraction of sp³-hybridized carbons (Fsp3) is 0.824. The van der Waals surface area contributed by atoms with Crippen LogP contribution in [0, 0.1) is 17.8 Å². The second-order valence-corrected chi connectivity index (χ2v) is 7.69. The van der Waals surface area contributed by atoms with Crippen LogP contribution in [0.4, 0.5) is 0 Å². The molecule has 3 heterocycles. The molecule has 1 aliphatic carbocycles. The van der Waals surface area contributed by atoms with Gasteiger partial charge in [-0.3, -0.25) is 14.4 Å². The van der Waals surface area contributed by atoms with Gasteiger partial charge >= 0.3 is 17.9 Å². The Bertz CT molecular complexity index is 602. The molecule has 0 amide bonds. The molecule has 7 nitrogen and oxygen atoms in total. The van der Waals surface area contributed by atoms with Crippen LogP contribution >= 0.6 is 0 Å². The normalized spacial score (nSPS) is 49.5. The highest BCUT2D eigenvalue weighted by atomic mass is 16.6. The molecule has 0 aromatic heterocycles. The first-order chi connectivity index (χ1) is 11.3. The van der Waals surface area contributed by atoms with E-state index in [9.17, 15) is 14.4 Å². The zero-order chi connectivity index (χ0) is 17.2. The molecular weight excluding hydrogens is 316 g/mol. The van der Waals surface area contributed by atoms with Crippen LogP contribution in [0.3, 0.4) is 0 Å². The maximum atomic E-state index is 12.3. The monoisotopic (exact) mass is 338 g/mol. The zero-order valence-electron chi connectivity index (χ0n) is 14.0. The molecule has 4 aliphatic rings. The van der Waals surface area contributed by atoms with E-state index in [2.05, 4.69) is 0 Å². The molecule has 0 aromatic rings. The van der Waals surface area contributed by atoms with E-state index >= 15 is 0 Å². The standard InChI is InChI=1S/C17H22O7/c1-7-13-10-4-9(16(20)22-10)5-11(21-8(2)18)14-17(3,24-14)6-12(13)23-15(7)19/h7,9-14H,4-6H2,1-3H3/t7-,9-,10+,11-,12-,13+,14-,17+/m0/s1. The van der Waals surface area contributed by atoms with Crippen molar-refractivity contribution < 1.29 is 33.3 Å². The van der Waals surface area contributed by atoms with Gasteiger partial charge in [-0.05, 0) is 13.3 Å². The van der Waals surface area contributed by atoms with Gasteiger partial charge in [0.2, 0.25) is 0 Å². The number of epoxide rings is 1. The van der Waals surface area contributed by atoms with Gasteiger partial charge in [0.25, 0.3) is 0 Å². The molecule has 0 spiro atoms. The fourth-order valence-corrected chi connectivity index (χ4v) is 4.67. The van der Waals surface area contributed by atoms with Crippen molar-refractivity contribution in [2.45, 2.75) is 70.1 Å². The average Bonchev–Trinajstić information content (AvgIpc) is 2.89. The smallest absolute Gasteiger partial charge is 0.309 e. The van der Waals surface area contributed by atoms with Crippen LogP contribution in [0.1, 0.15) is 40.0 Å². The molecule has 132 valence electrons. The maximum Gasteiger partial charge on any atom is 0.309 e. The molecule has 3 saturated heterocycles. The van der Waals surface area contributed by atoms with E-state index in [0.29, 0.717) is 19.3 Å². The molecule has 0 radical (unpaired) electrons. The number of hydrogen-bond donors (Lipinski definition) is 0. The summed E-state index contributed by atoms with van der Waals surface area (Å²) in [5.74, 6) is -1.70. The van der Waals surface area contributed by atoms with Crippen molar-refractivity contribution in [2.24, 2.45) is 17.8 Å². The molecule has 0 unspecified atom stereocenters. The highest BCUT2D eigenvalue weighted by molar-refractivity contribution is 5.77. The van der Waals surface area contributed by atoms with Crippen molar-refractivity contribution in [2.75, 3.05) is 0 Å². The zero-order valence-corrected chi connectivity index (χ0v) is 14.0. The van der Waals surface area contributed by atoms with Crippen molar-refractivity contribution in [3.05, 3.63) is 0 Å². The predicted molar refractivity (Wildman–Crippen MR) is 78.6 cm³/mol. The molecule has 4 rings (SSSR count). The van der Waals surface area contributed by atoms with Crippen LogP contribution in [-0.2, 0) is 33.3 Å². The average molecular weight is 338 g/mol. The molecule has 0 N–H and O–H groups in total. The number of carbonyl (C=O) groups is 3. The van der Waals surface area contributed by atoms with E-state index in [1.807, 2.05) is 13.8 Å². The van der Waals surface area contributed by atoms with Crippen LogP contribution in [0.15, 0.2) is 0 Å². The van der Waals surface area contributed by atoms with E-state index < -0.39 is 17.7 Å². The van der Waals surface area contributed by atoms with Crippen LogP contribution in [0.2, 0.25) is 0 Å². The minimum Gasteiger partial charge on any atom is -0.462 e. The predicted octanol–water partition coefficient (Wildman–Crippen LogP) is 0.979. The Balaban J connectivity index is 1.65. The Morgan fingerprint density at radius 1 is 1.17 bits per heavy atom. The van der Waals surface area contributed by atoms with E-state index in [-0.39, 0.29) is 48.0 Å². The van der Waals surface area contributed by atoms with Gasteiger partial charge in [-0.15, -0.1) is 0 Å². The second kappa shape index (κ2) is 5.18. The summed E-state index contributed by atoms with van der Waals surface area (Å²) in [7, 11) is 0. The lowest BCUT2D eigenvalue weighted by molar-refractivity contribution is -0.152.